The first-order valence-corrected chi connectivity index (χ1v) is 7.75. The summed E-state index contributed by atoms with van der Waals surface area (Å²) in [5.41, 5.74) is 1.44. The molecule has 0 saturated carbocycles. The topological polar surface area (TPSA) is 54.5 Å². The Bertz CT molecular complexity index is 468. The Morgan fingerprint density at radius 2 is 2.29 bits per heavy atom. The first-order chi connectivity index (χ1) is 10.2. The highest BCUT2D eigenvalue weighted by atomic mass is 16.5. The van der Waals surface area contributed by atoms with Crippen molar-refractivity contribution in [1.29, 1.82) is 0 Å². The first-order valence-electron chi connectivity index (χ1n) is 7.75. The van der Waals surface area contributed by atoms with E-state index in [2.05, 4.69) is 17.2 Å². The van der Waals surface area contributed by atoms with E-state index in [1.807, 2.05) is 26.0 Å². The maximum Gasteiger partial charge on any atom is 0.272 e. The Labute approximate surface area is 126 Å². The molecule has 1 aromatic heterocycles. The normalized spacial score (nSPS) is 19.3. The average Bonchev–Trinajstić information content (AvgIpc) is 3.03. The zero-order valence-electron chi connectivity index (χ0n) is 13.1. The van der Waals surface area contributed by atoms with Crippen LogP contribution in [0.15, 0.2) is 18.3 Å². The van der Waals surface area contributed by atoms with E-state index in [4.69, 9.17) is 4.74 Å². The molecule has 5 nitrogen and oxygen atoms in total. The van der Waals surface area contributed by atoms with Crippen molar-refractivity contribution in [3.8, 4) is 0 Å². The third kappa shape index (κ3) is 3.94. The SMILES string of the molecule is CCN(CC)C(=O)c1cc(NC(C)C2CCOC2)ccn1. The number of carbonyl (C=O) groups excluding carboxylic acids is 1. The monoisotopic (exact) mass is 291 g/mol. The quantitative estimate of drug-likeness (QED) is 0.874. The minimum absolute atomic E-state index is 0.0134. The predicted octanol–water partition coefficient (Wildman–Crippen LogP) is 2.40. The van der Waals surface area contributed by atoms with Crippen LogP contribution in [0.3, 0.4) is 0 Å². The summed E-state index contributed by atoms with van der Waals surface area (Å²) in [6.07, 6.45) is 2.78. The van der Waals surface area contributed by atoms with Gasteiger partial charge in [-0.25, -0.2) is 0 Å². The van der Waals surface area contributed by atoms with E-state index >= 15 is 0 Å². The number of carbonyl (C=O) groups is 1. The van der Waals surface area contributed by atoms with E-state index in [-0.39, 0.29) is 5.91 Å². The molecule has 0 radical (unpaired) electrons. The molecule has 5 heteroatoms. The van der Waals surface area contributed by atoms with Crippen molar-refractivity contribution in [2.75, 3.05) is 31.6 Å². The molecule has 116 valence electrons. The predicted molar refractivity (Wildman–Crippen MR) is 83.5 cm³/mol. The standard InChI is InChI=1S/C16H25N3O2/c1-4-19(5-2)16(20)15-10-14(6-8-17-15)18-12(3)13-7-9-21-11-13/h6,8,10,12-13H,4-5,7,9,11H2,1-3H3,(H,17,18). The minimum atomic E-state index is -0.0134. The molecule has 2 rings (SSSR count). The van der Waals surface area contributed by atoms with Crippen LogP contribution >= 0.6 is 0 Å². The molecular weight excluding hydrogens is 266 g/mol. The molecule has 0 spiro atoms. The van der Waals surface area contributed by atoms with Crippen molar-refractivity contribution in [3.05, 3.63) is 24.0 Å². The maximum atomic E-state index is 12.3. The molecule has 1 aliphatic heterocycles. The second kappa shape index (κ2) is 7.41. The molecule has 1 saturated heterocycles. The summed E-state index contributed by atoms with van der Waals surface area (Å²) in [7, 11) is 0. The Balaban J connectivity index is 2.04. The maximum absolute atomic E-state index is 12.3. The Hall–Kier alpha value is -1.62. The van der Waals surface area contributed by atoms with Crippen LogP contribution in [0.5, 0.6) is 0 Å². The van der Waals surface area contributed by atoms with Gasteiger partial charge in [0.15, 0.2) is 0 Å². The lowest BCUT2D eigenvalue weighted by atomic mass is 10.0. The fraction of sp³-hybridized carbons (Fsp3) is 0.625. The summed E-state index contributed by atoms with van der Waals surface area (Å²) >= 11 is 0. The van der Waals surface area contributed by atoms with E-state index in [1.165, 1.54) is 0 Å². The highest BCUT2D eigenvalue weighted by Crippen LogP contribution is 2.20. The van der Waals surface area contributed by atoms with Crippen LogP contribution in [0.4, 0.5) is 5.69 Å². The van der Waals surface area contributed by atoms with E-state index in [0.717, 1.165) is 25.3 Å². The molecule has 0 bridgehead atoms. The molecule has 2 unspecified atom stereocenters. The molecule has 2 heterocycles. The van der Waals surface area contributed by atoms with Crippen LogP contribution in [-0.4, -0.2) is 48.1 Å². The summed E-state index contributed by atoms with van der Waals surface area (Å²) in [6, 6.07) is 4.07. The number of aromatic nitrogens is 1. The number of anilines is 1. The van der Waals surface area contributed by atoms with Crippen LogP contribution in [0.25, 0.3) is 0 Å². The van der Waals surface area contributed by atoms with Crippen molar-refractivity contribution in [3.63, 3.8) is 0 Å². The number of pyridine rings is 1. The van der Waals surface area contributed by atoms with Gasteiger partial charge in [0.25, 0.3) is 5.91 Å². The molecule has 1 aromatic rings. The van der Waals surface area contributed by atoms with Crippen LogP contribution < -0.4 is 5.32 Å². The molecule has 2 atom stereocenters. The summed E-state index contributed by atoms with van der Waals surface area (Å²) in [4.78, 5) is 18.3. The van der Waals surface area contributed by atoms with Crippen molar-refractivity contribution in [1.82, 2.24) is 9.88 Å². The van der Waals surface area contributed by atoms with Gasteiger partial charge in [0.2, 0.25) is 0 Å². The number of rotatable bonds is 6. The minimum Gasteiger partial charge on any atom is -0.382 e. The van der Waals surface area contributed by atoms with Gasteiger partial charge in [-0.15, -0.1) is 0 Å². The van der Waals surface area contributed by atoms with Crippen molar-refractivity contribution < 1.29 is 9.53 Å². The molecule has 1 aliphatic rings. The molecule has 0 aliphatic carbocycles. The number of hydrogen-bond donors (Lipinski definition) is 1. The zero-order valence-corrected chi connectivity index (χ0v) is 13.1. The van der Waals surface area contributed by atoms with Gasteiger partial charge in [-0.2, -0.15) is 0 Å². The second-order valence-electron chi connectivity index (χ2n) is 5.46. The Morgan fingerprint density at radius 3 is 2.90 bits per heavy atom. The lowest BCUT2D eigenvalue weighted by Gasteiger charge is -2.21. The number of hydrogen-bond acceptors (Lipinski definition) is 4. The van der Waals surface area contributed by atoms with E-state index in [1.54, 1.807) is 11.1 Å². The van der Waals surface area contributed by atoms with Crippen LogP contribution in [0.2, 0.25) is 0 Å². The average molecular weight is 291 g/mol. The number of nitrogens with zero attached hydrogens (tertiary/aromatic N) is 2. The van der Waals surface area contributed by atoms with Gasteiger partial charge < -0.3 is 15.0 Å². The van der Waals surface area contributed by atoms with Gasteiger partial charge in [0.1, 0.15) is 5.69 Å². The van der Waals surface area contributed by atoms with Crippen molar-refractivity contribution >= 4 is 11.6 Å². The highest BCUT2D eigenvalue weighted by Gasteiger charge is 2.22. The van der Waals surface area contributed by atoms with Crippen LogP contribution in [-0.2, 0) is 4.74 Å². The highest BCUT2D eigenvalue weighted by molar-refractivity contribution is 5.93. The third-order valence-corrected chi connectivity index (χ3v) is 4.10. The van der Waals surface area contributed by atoms with E-state index in [0.29, 0.717) is 30.7 Å². The fourth-order valence-corrected chi connectivity index (χ4v) is 2.64. The lowest BCUT2D eigenvalue weighted by molar-refractivity contribution is 0.0767. The summed E-state index contributed by atoms with van der Waals surface area (Å²) < 4.78 is 5.43. The van der Waals surface area contributed by atoms with Gasteiger partial charge in [-0.05, 0) is 39.3 Å². The first kappa shape index (κ1) is 15.8. The van der Waals surface area contributed by atoms with Crippen LogP contribution in [0.1, 0.15) is 37.7 Å². The fourth-order valence-electron chi connectivity index (χ4n) is 2.64. The lowest BCUT2D eigenvalue weighted by Crippen LogP contribution is -2.31. The van der Waals surface area contributed by atoms with Gasteiger partial charge >= 0.3 is 0 Å². The van der Waals surface area contributed by atoms with Gasteiger partial charge in [0, 0.05) is 43.5 Å². The summed E-state index contributed by atoms with van der Waals surface area (Å²) in [5, 5.41) is 3.46. The number of ether oxygens (including phenoxy) is 1. The van der Waals surface area contributed by atoms with E-state index < -0.39 is 0 Å². The molecule has 1 amide bonds. The number of amides is 1. The largest absolute Gasteiger partial charge is 0.382 e. The molecule has 1 N–H and O–H groups in total. The summed E-state index contributed by atoms with van der Waals surface area (Å²) in [6.45, 7) is 9.17. The Morgan fingerprint density at radius 1 is 1.52 bits per heavy atom. The summed E-state index contributed by atoms with van der Waals surface area (Å²) in [5.74, 6) is 0.514. The Kier molecular flexibility index (Phi) is 5.56. The molecule has 21 heavy (non-hydrogen) atoms. The van der Waals surface area contributed by atoms with Gasteiger partial charge in [-0.3, -0.25) is 9.78 Å². The molecular formula is C16H25N3O2. The second-order valence-corrected chi connectivity index (χ2v) is 5.46. The zero-order chi connectivity index (χ0) is 15.2. The van der Waals surface area contributed by atoms with Gasteiger partial charge in [-0.1, -0.05) is 0 Å². The number of nitrogens with one attached hydrogen (secondary N) is 1. The van der Waals surface area contributed by atoms with Gasteiger partial charge in [0.05, 0.1) is 6.61 Å². The van der Waals surface area contributed by atoms with Crippen molar-refractivity contribution in [2.24, 2.45) is 5.92 Å². The molecule has 1 fully saturated rings. The smallest absolute Gasteiger partial charge is 0.272 e. The van der Waals surface area contributed by atoms with Crippen molar-refractivity contribution in [2.45, 2.75) is 33.2 Å². The molecule has 0 aromatic carbocycles. The third-order valence-electron chi connectivity index (χ3n) is 4.10. The van der Waals surface area contributed by atoms with E-state index in [9.17, 15) is 4.79 Å². The van der Waals surface area contributed by atoms with Crippen LogP contribution in [0, 0.1) is 5.92 Å².